The van der Waals surface area contributed by atoms with Crippen LogP contribution in [-0.4, -0.2) is 32.3 Å². The minimum absolute atomic E-state index is 0.0381. The highest BCUT2D eigenvalue weighted by Gasteiger charge is 2.32. The number of benzene rings is 2. The molecule has 1 N–H and O–H groups in total. The molecular weight excluding hydrogens is 458 g/mol. The zero-order chi connectivity index (χ0) is 23.9. The van der Waals surface area contributed by atoms with Crippen molar-refractivity contribution >= 4 is 23.8 Å². The summed E-state index contributed by atoms with van der Waals surface area (Å²) in [6.07, 6.45) is 1.31. The molecule has 0 saturated heterocycles. The number of nitrogens with one attached hydrogen (secondary N) is 1. The summed E-state index contributed by atoms with van der Waals surface area (Å²) in [4.78, 5) is 30.2. The second-order valence-corrected chi connectivity index (χ2v) is 9.63. The number of amides is 1. The van der Waals surface area contributed by atoms with Crippen molar-refractivity contribution < 1.29 is 9.53 Å². The van der Waals surface area contributed by atoms with Gasteiger partial charge in [0.05, 0.1) is 17.9 Å². The molecule has 8 heteroatoms. The van der Waals surface area contributed by atoms with Gasteiger partial charge in [0.2, 0.25) is 11.8 Å². The van der Waals surface area contributed by atoms with Crippen molar-refractivity contribution in [2.75, 3.05) is 11.3 Å². The number of aromatic nitrogens is 3. The molecule has 1 unspecified atom stereocenters. The number of pyridine rings is 1. The molecule has 0 saturated carbocycles. The van der Waals surface area contributed by atoms with Crippen LogP contribution < -0.4 is 9.46 Å². The average Bonchev–Trinajstić information content (AvgIpc) is 2.87. The summed E-state index contributed by atoms with van der Waals surface area (Å²) in [6.45, 7) is 5.02. The minimum Gasteiger partial charge on any atom is -0.466 e. The van der Waals surface area contributed by atoms with Gasteiger partial charge in [-0.2, -0.15) is 4.98 Å². The van der Waals surface area contributed by atoms with Gasteiger partial charge in [-0.3, -0.25) is 14.5 Å². The van der Waals surface area contributed by atoms with Crippen molar-refractivity contribution in [1.82, 2.24) is 19.9 Å². The molecule has 2 aromatic heterocycles. The third kappa shape index (κ3) is 4.10. The van der Waals surface area contributed by atoms with Gasteiger partial charge in [0, 0.05) is 34.8 Å². The first-order chi connectivity index (χ1) is 17.0. The Morgan fingerprint density at radius 2 is 1.86 bits per heavy atom. The van der Waals surface area contributed by atoms with Crippen LogP contribution in [0.15, 0.2) is 71.8 Å². The molecule has 0 fully saturated rings. The van der Waals surface area contributed by atoms with Crippen molar-refractivity contribution in [3.05, 3.63) is 94.8 Å². The zero-order valence-corrected chi connectivity index (χ0v) is 20.2. The van der Waals surface area contributed by atoms with Crippen molar-refractivity contribution in [1.29, 1.82) is 0 Å². The van der Waals surface area contributed by atoms with Gasteiger partial charge in [0.25, 0.3) is 5.91 Å². The molecule has 0 aliphatic carbocycles. The molecule has 2 aromatic carbocycles. The molecule has 0 radical (unpaired) electrons. The van der Waals surface area contributed by atoms with Crippen LogP contribution in [0.3, 0.4) is 0 Å². The summed E-state index contributed by atoms with van der Waals surface area (Å²) in [5.41, 5.74) is 6.52. The van der Waals surface area contributed by atoms with Crippen LogP contribution in [0, 0.1) is 13.8 Å². The number of rotatable bonds is 1. The van der Waals surface area contributed by atoms with E-state index in [1.807, 2.05) is 53.4 Å². The molecule has 7 nitrogen and oxygen atoms in total. The predicted molar refractivity (Wildman–Crippen MR) is 135 cm³/mol. The van der Waals surface area contributed by atoms with Gasteiger partial charge < -0.3 is 9.64 Å². The van der Waals surface area contributed by atoms with Crippen molar-refractivity contribution in [3.63, 3.8) is 0 Å². The highest BCUT2D eigenvalue weighted by atomic mass is 32.2. The van der Waals surface area contributed by atoms with Crippen LogP contribution in [-0.2, 0) is 6.54 Å². The minimum atomic E-state index is -0.450. The maximum atomic E-state index is 13.4. The smallest absolute Gasteiger partial charge is 0.254 e. The Hall–Kier alpha value is -3.91. The first-order valence-electron chi connectivity index (χ1n) is 11.4. The van der Waals surface area contributed by atoms with E-state index in [1.165, 1.54) is 11.9 Å². The maximum Gasteiger partial charge on any atom is 0.254 e. The van der Waals surface area contributed by atoms with E-state index < -0.39 is 6.10 Å². The fourth-order valence-corrected chi connectivity index (χ4v) is 5.32. The number of ether oxygens (including phenoxy) is 1. The second kappa shape index (κ2) is 8.70. The van der Waals surface area contributed by atoms with E-state index in [0.717, 1.165) is 38.5 Å². The molecular formula is C27H23N5O2S. The number of hydrogen-bond donors (Lipinski definition) is 1. The van der Waals surface area contributed by atoms with Gasteiger partial charge in [-0.1, -0.05) is 30.3 Å². The molecule has 4 aromatic rings. The maximum absolute atomic E-state index is 13.4. The lowest BCUT2D eigenvalue weighted by molar-refractivity contribution is 0.0580. The van der Waals surface area contributed by atoms with Gasteiger partial charge in [0.1, 0.15) is 0 Å². The quantitative estimate of drug-likeness (QED) is 0.366. The Kier molecular flexibility index (Phi) is 5.37. The van der Waals surface area contributed by atoms with Crippen LogP contribution in [0.1, 0.15) is 38.8 Å². The molecule has 6 bridgehead atoms. The molecule has 2 aliphatic rings. The number of nitrogens with zero attached hydrogens (tertiary/aromatic N) is 4. The predicted octanol–water partition coefficient (Wildman–Crippen LogP) is 5.36. The summed E-state index contributed by atoms with van der Waals surface area (Å²) in [5, 5.41) is 0. The van der Waals surface area contributed by atoms with Gasteiger partial charge in [-0.05, 0) is 66.8 Å². The highest BCUT2D eigenvalue weighted by Crippen LogP contribution is 2.34. The lowest BCUT2D eigenvalue weighted by atomic mass is 10.00. The van der Waals surface area contributed by atoms with E-state index in [0.29, 0.717) is 30.5 Å². The lowest BCUT2D eigenvalue weighted by Crippen LogP contribution is -2.40. The van der Waals surface area contributed by atoms with E-state index in [2.05, 4.69) is 40.7 Å². The summed E-state index contributed by atoms with van der Waals surface area (Å²) < 4.78 is 9.71. The zero-order valence-electron chi connectivity index (χ0n) is 19.4. The van der Waals surface area contributed by atoms with E-state index in [9.17, 15) is 4.79 Å². The molecule has 0 spiro atoms. The third-order valence-corrected chi connectivity index (χ3v) is 7.08. The first kappa shape index (κ1) is 21.6. The van der Waals surface area contributed by atoms with E-state index in [-0.39, 0.29) is 5.91 Å². The Morgan fingerprint density at radius 1 is 1.03 bits per heavy atom. The summed E-state index contributed by atoms with van der Waals surface area (Å²) in [7, 11) is 0. The van der Waals surface area contributed by atoms with Crippen LogP contribution in [0.25, 0.3) is 11.3 Å². The van der Waals surface area contributed by atoms with Crippen LogP contribution in [0.5, 0.6) is 5.88 Å². The fourth-order valence-electron chi connectivity index (χ4n) is 4.68. The number of hydrogen-bond acceptors (Lipinski definition) is 7. The van der Waals surface area contributed by atoms with Crippen molar-refractivity contribution in [3.8, 4) is 17.1 Å². The Balaban J connectivity index is 1.51. The molecule has 4 heterocycles. The standard InChI is InChI=1S/C27H23N5O2S/c1-16-6-3-7-17(2)24(16)21-13-23-30-27(29-21)31-35-20-10-4-8-18(12-20)26(33)32-14-19-9-5-11-28-25(19)22(15-32)34-23/h3-13,22H,14-15H2,1-2H3,(H,29,30,31). The van der Waals surface area contributed by atoms with Crippen molar-refractivity contribution in [2.45, 2.75) is 31.4 Å². The SMILES string of the molecule is Cc1cccc(C)c1-c1cc2nc(n1)NSc1cccc(c1)C(=O)N1Cc3cccnc3C(C1)O2. The molecule has 1 amide bonds. The number of carbonyl (C=O) groups is 1. The average molecular weight is 482 g/mol. The summed E-state index contributed by atoms with van der Waals surface area (Å²) in [6, 6.07) is 19.5. The third-order valence-electron chi connectivity index (χ3n) is 6.31. The van der Waals surface area contributed by atoms with Gasteiger partial charge in [-0.15, -0.1) is 0 Å². The summed E-state index contributed by atoms with van der Waals surface area (Å²) >= 11 is 1.37. The topological polar surface area (TPSA) is 80.2 Å². The molecule has 1 atom stereocenters. The van der Waals surface area contributed by atoms with E-state index in [1.54, 1.807) is 6.20 Å². The Bertz CT molecular complexity index is 1440. The first-order valence-corrected chi connectivity index (χ1v) is 12.2. The lowest BCUT2D eigenvalue weighted by Gasteiger charge is -2.33. The van der Waals surface area contributed by atoms with Crippen LogP contribution in [0.4, 0.5) is 5.95 Å². The second-order valence-electron chi connectivity index (χ2n) is 8.75. The molecule has 6 rings (SSSR count). The number of carbonyl (C=O) groups excluding carboxylic acids is 1. The summed E-state index contributed by atoms with van der Waals surface area (Å²) in [5.74, 6) is 0.835. The monoisotopic (exact) mass is 481 g/mol. The van der Waals surface area contributed by atoms with Crippen LogP contribution in [0.2, 0.25) is 0 Å². The highest BCUT2D eigenvalue weighted by molar-refractivity contribution is 8.00. The van der Waals surface area contributed by atoms with Crippen molar-refractivity contribution in [2.24, 2.45) is 0 Å². The normalized spacial score (nSPS) is 16.7. The molecule has 35 heavy (non-hydrogen) atoms. The molecule has 2 aliphatic heterocycles. The van der Waals surface area contributed by atoms with Gasteiger partial charge >= 0.3 is 0 Å². The van der Waals surface area contributed by atoms with Gasteiger partial charge in [-0.25, -0.2) is 4.98 Å². The molecule has 174 valence electrons. The Morgan fingerprint density at radius 3 is 2.71 bits per heavy atom. The van der Waals surface area contributed by atoms with E-state index >= 15 is 0 Å². The number of fused-ring (bicyclic) bond motifs is 8. The fraction of sp³-hybridized carbons (Fsp3) is 0.185. The Labute approximate surface area is 207 Å². The van der Waals surface area contributed by atoms with Gasteiger partial charge in [0.15, 0.2) is 6.10 Å². The number of anilines is 1. The number of aryl methyl sites for hydroxylation is 2. The van der Waals surface area contributed by atoms with E-state index in [4.69, 9.17) is 9.72 Å². The van der Waals surface area contributed by atoms with Crippen LogP contribution >= 0.6 is 11.9 Å². The largest absolute Gasteiger partial charge is 0.466 e.